The molecule has 21 heavy (non-hydrogen) atoms. The fraction of sp³-hybridized carbons (Fsp3) is 0.667. The van der Waals surface area contributed by atoms with Crippen LogP contribution < -0.4 is 0 Å². The topological polar surface area (TPSA) is 106 Å². The minimum Gasteiger partial charge on any atom is -0.478 e. The Labute approximate surface area is 127 Å². The third-order valence-corrected chi connectivity index (χ3v) is 5.45. The van der Waals surface area contributed by atoms with Gasteiger partial charge in [0.2, 0.25) is 5.79 Å². The van der Waals surface area contributed by atoms with E-state index in [4.69, 9.17) is 24.4 Å². The molecule has 124 valence electrons. The van der Waals surface area contributed by atoms with Crippen LogP contribution >= 0.6 is 0 Å². The molecule has 0 aliphatic carbocycles. The maximum atomic E-state index is 9.55. The van der Waals surface area contributed by atoms with Gasteiger partial charge in [-0.25, -0.2) is 9.59 Å². The zero-order valence-corrected chi connectivity index (χ0v) is 15.5. The molecule has 1 atom stereocenters. The second-order valence-electron chi connectivity index (χ2n) is 4.45. The first-order chi connectivity index (χ1) is 9.50. The van der Waals surface area contributed by atoms with E-state index in [2.05, 4.69) is 0 Å². The molecule has 0 fully saturated rings. The van der Waals surface area contributed by atoms with Crippen LogP contribution in [0.1, 0.15) is 6.92 Å². The molecule has 0 saturated heterocycles. The van der Waals surface area contributed by atoms with E-state index in [0.29, 0.717) is 12.2 Å². The average molecular weight is 323 g/mol. The van der Waals surface area contributed by atoms with Gasteiger partial charge in [-0.15, -0.1) is 0 Å². The van der Waals surface area contributed by atoms with Crippen molar-refractivity contribution in [3.05, 3.63) is 12.2 Å². The van der Waals surface area contributed by atoms with Gasteiger partial charge in [0.25, 0.3) is 0 Å². The van der Waals surface area contributed by atoms with Crippen molar-refractivity contribution in [2.45, 2.75) is 18.1 Å². The van der Waals surface area contributed by atoms with Crippen LogP contribution in [0.3, 0.4) is 0 Å². The van der Waals surface area contributed by atoms with Crippen molar-refractivity contribution in [2.24, 2.45) is 0 Å². The summed E-state index contributed by atoms with van der Waals surface area (Å²) >= 11 is 0. The molecule has 9 heteroatoms. The lowest BCUT2D eigenvalue weighted by atomic mass is 10.2. The van der Waals surface area contributed by atoms with E-state index in [9.17, 15) is 9.59 Å². The highest BCUT2D eigenvalue weighted by Gasteiger charge is 2.47. The van der Waals surface area contributed by atoms with Crippen LogP contribution in [0.25, 0.3) is 0 Å². The smallest absolute Gasteiger partial charge is 0.328 e. The van der Waals surface area contributed by atoms with Gasteiger partial charge in [-0.05, 0) is 21.0 Å². The normalized spacial score (nSPS) is 14.6. The second-order valence-corrected chi connectivity index (χ2v) is 5.80. The van der Waals surface area contributed by atoms with E-state index in [1.807, 2.05) is 25.9 Å². The van der Waals surface area contributed by atoms with E-state index in [1.54, 1.807) is 21.3 Å². The summed E-state index contributed by atoms with van der Waals surface area (Å²) in [6, 6.07) is 0. The summed E-state index contributed by atoms with van der Waals surface area (Å²) in [5.74, 6) is -3.24. The number of carbonyl (C=O) groups is 2. The summed E-state index contributed by atoms with van der Waals surface area (Å²) < 4.78 is 16.2. The monoisotopic (exact) mass is 323 g/mol. The second kappa shape index (κ2) is 9.63. The summed E-state index contributed by atoms with van der Waals surface area (Å²) in [4.78, 5) is 21.1. The maximum Gasteiger partial charge on any atom is 0.328 e. The van der Waals surface area contributed by atoms with Gasteiger partial charge in [0, 0.05) is 33.5 Å². The summed E-state index contributed by atoms with van der Waals surface area (Å²) in [6.45, 7) is 1.88. The molecular weight excluding hydrogens is 298 g/mol. The van der Waals surface area contributed by atoms with E-state index in [-0.39, 0.29) is 0 Å². The van der Waals surface area contributed by atoms with Gasteiger partial charge >= 0.3 is 11.9 Å². The number of hydrogen-bond acceptors (Lipinski definition) is 6. The van der Waals surface area contributed by atoms with Crippen molar-refractivity contribution in [2.75, 3.05) is 35.4 Å². The van der Waals surface area contributed by atoms with Gasteiger partial charge in [0.05, 0.1) is 10.2 Å². The predicted octanol–water partition coefficient (Wildman–Crippen LogP) is -1.07. The van der Waals surface area contributed by atoms with Gasteiger partial charge in [-0.3, -0.25) is 4.90 Å². The van der Waals surface area contributed by atoms with Crippen LogP contribution in [0.5, 0.6) is 0 Å². The largest absolute Gasteiger partial charge is 0.478 e. The molecule has 0 aromatic heterocycles. The van der Waals surface area contributed by atoms with E-state index in [1.165, 1.54) is 0 Å². The highest BCUT2D eigenvalue weighted by Crippen LogP contribution is 2.28. The van der Waals surface area contributed by atoms with Crippen molar-refractivity contribution >= 4 is 22.2 Å². The molecule has 0 aromatic carbocycles. The molecule has 0 aliphatic heterocycles. The lowest BCUT2D eigenvalue weighted by Crippen LogP contribution is -2.64. The molecule has 0 aliphatic rings. The Morgan fingerprint density at radius 1 is 1.00 bits per heavy atom. The van der Waals surface area contributed by atoms with Crippen molar-refractivity contribution < 1.29 is 34.0 Å². The van der Waals surface area contributed by atoms with Crippen LogP contribution in [0, 0.1) is 0 Å². The molecule has 0 rings (SSSR count). The minimum atomic E-state index is -1.26. The van der Waals surface area contributed by atoms with E-state index in [0.717, 1.165) is 10.2 Å². The standard InChI is InChI=1S/C8H21NO3Si.C4H4O4/c1-7(10-4,11-5)8(13,12-6)9(2)3;5-3(6)1-2-4(7)8/h1-6,13H3;1-2H,(H,5,6)(H,7,8)/b;2-1-. The predicted molar refractivity (Wildman–Crippen MR) is 80.2 cm³/mol. The first kappa shape index (κ1) is 22.0. The Morgan fingerprint density at radius 3 is 1.43 bits per heavy atom. The molecule has 0 amide bonds. The van der Waals surface area contributed by atoms with Crippen molar-refractivity contribution in [3.8, 4) is 0 Å². The Balaban J connectivity index is 0. The highest BCUT2D eigenvalue weighted by atomic mass is 28.1. The van der Waals surface area contributed by atoms with Gasteiger partial charge in [0.1, 0.15) is 5.35 Å². The molecule has 0 bridgehead atoms. The van der Waals surface area contributed by atoms with Gasteiger partial charge in [0.15, 0.2) is 0 Å². The number of ether oxygens (including phenoxy) is 3. The van der Waals surface area contributed by atoms with Gasteiger partial charge in [-0.2, -0.15) is 0 Å². The Morgan fingerprint density at radius 2 is 1.33 bits per heavy atom. The summed E-state index contributed by atoms with van der Waals surface area (Å²) in [7, 11) is 9.60. The third kappa shape index (κ3) is 6.82. The van der Waals surface area contributed by atoms with Crippen LogP contribution in [-0.2, 0) is 23.8 Å². The van der Waals surface area contributed by atoms with Crippen molar-refractivity contribution in [1.82, 2.24) is 4.90 Å². The fourth-order valence-corrected chi connectivity index (χ4v) is 1.79. The van der Waals surface area contributed by atoms with E-state index >= 15 is 0 Å². The summed E-state index contributed by atoms with van der Waals surface area (Å²) in [6.07, 6.45) is 1.12. The lowest BCUT2D eigenvalue weighted by Gasteiger charge is -2.47. The molecule has 2 N–H and O–H groups in total. The summed E-state index contributed by atoms with van der Waals surface area (Å²) in [5, 5.41) is 15.1. The van der Waals surface area contributed by atoms with Gasteiger partial charge in [-0.1, -0.05) is 0 Å². The third-order valence-electron chi connectivity index (χ3n) is 3.24. The maximum absolute atomic E-state index is 9.55. The van der Waals surface area contributed by atoms with Crippen molar-refractivity contribution in [1.29, 1.82) is 0 Å². The molecular formula is C12H25NO7Si. The molecule has 0 aromatic rings. The number of methoxy groups -OCH3 is 3. The molecule has 8 nitrogen and oxygen atoms in total. The van der Waals surface area contributed by atoms with Crippen LogP contribution in [0.15, 0.2) is 12.2 Å². The van der Waals surface area contributed by atoms with Crippen molar-refractivity contribution in [3.63, 3.8) is 0 Å². The molecule has 0 heterocycles. The molecule has 0 saturated carbocycles. The van der Waals surface area contributed by atoms with Crippen LogP contribution in [0.2, 0.25) is 0 Å². The fourth-order valence-electron chi connectivity index (χ4n) is 1.38. The van der Waals surface area contributed by atoms with E-state index < -0.39 is 23.1 Å². The number of aliphatic carboxylic acids is 2. The Kier molecular flexibility index (Phi) is 10.1. The van der Waals surface area contributed by atoms with Crippen LogP contribution in [0.4, 0.5) is 0 Å². The zero-order valence-electron chi connectivity index (χ0n) is 13.5. The number of nitrogens with zero attached hydrogens (tertiary/aromatic N) is 1. The number of carboxylic acid groups (broad SMARTS) is 2. The highest BCUT2D eigenvalue weighted by molar-refractivity contribution is 6.15. The number of carboxylic acids is 2. The average Bonchev–Trinajstić information content (AvgIpc) is 2.43. The quantitative estimate of drug-likeness (QED) is 0.347. The Hall–Kier alpha value is -1.26. The molecule has 0 spiro atoms. The number of rotatable bonds is 7. The number of hydrogen-bond donors (Lipinski definition) is 2. The molecule has 0 radical (unpaired) electrons. The van der Waals surface area contributed by atoms with Gasteiger partial charge < -0.3 is 24.4 Å². The first-order valence-electron chi connectivity index (χ1n) is 5.97. The minimum absolute atomic E-state index is 0.476. The Bertz CT molecular complexity index is 353. The first-order valence-corrected chi connectivity index (χ1v) is 6.97. The van der Waals surface area contributed by atoms with Crippen LogP contribution in [-0.4, -0.2) is 83.9 Å². The molecule has 1 unspecified atom stereocenters. The zero-order chi connectivity index (χ0) is 17.3. The summed E-state index contributed by atoms with van der Waals surface area (Å²) in [5.41, 5.74) is 0. The number of likely N-dealkylation sites (N-methyl/N-ethyl adjacent to an activating group) is 1. The SMILES string of the molecule is COC(C)(OC)C([SiH3])(OC)N(C)C.O=C(O)/C=C\C(=O)O. The lowest BCUT2D eigenvalue weighted by molar-refractivity contribution is -0.303.